The van der Waals surface area contributed by atoms with Gasteiger partial charge in [0.2, 0.25) is 0 Å². The van der Waals surface area contributed by atoms with Gasteiger partial charge < -0.3 is 10.1 Å². The molecule has 0 saturated carbocycles. The first-order valence-corrected chi connectivity index (χ1v) is 8.81. The first kappa shape index (κ1) is 17.2. The van der Waals surface area contributed by atoms with E-state index in [0.29, 0.717) is 6.61 Å². The molecule has 3 rings (SSSR count). The lowest BCUT2D eigenvalue weighted by molar-refractivity contribution is 0.306. The third kappa shape index (κ3) is 5.44. The summed E-state index contributed by atoms with van der Waals surface area (Å²) in [6.45, 7) is 1.40. The summed E-state index contributed by atoms with van der Waals surface area (Å²) in [6.07, 6.45) is 0.958. The lowest BCUT2D eigenvalue weighted by Gasteiger charge is -2.10. The van der Waals surface area contributed by atoms with Crippen molar-refractivity contribution in [3.05, 3.63) is 102 Å². The van der Waals surface area contributed by atoms with Gasteiger partial charge in [0.05, 0.1) is 0 Å². The molecule has 0 heterocycles. The summed E-state index contributed by atoms with van der Waals surface area (Å²) in [4.78, 5) is 0.769. The first-order chi connectivity index (χ1) is 12.3. The second-order valence-corrected chi connectivity index (χ2v) is 6.20. The molecule has 25 heavy (non-hydrogen) atoms. The van der Waals surface area contributed by atoms with E-state index in [-0.39, 0.29) is 0 Å². The zero-order chi connectivity index (χ0) is 17.3. The maximum Gasteiger partial charge on any atom is 0.119 e. The summed E-state index contributed by atoms with van der Waals surface area (Å²) < 4.78 is 5.80. The van der Waals surface area contributed by atoms with Gasteiger partial charge >= 0.3 is 0 Å². The maximum atomic E-state index is 5.80. The van der Waals surface area contributed by atoms with Gasteiger partial charge in [0, 0.05) is 12.1 Å². The molecular weight excluding hydrogens is 326 g/mol. The summed E-state index contributed by atoms with van der Waals surface area (Å²) in [7, 11) is 0. The molecule has 0 aliphatic heterocycles. The largest absolute Gasteiger partial charge is 0.489 e. The first-order valence-electron chi connectivity index (χ1n) is 8.40. The summed E-state index contributed by atoms with van der Waals surface area (Å²) in [5.41, 5.74) is 3.47. The molecule has 0 aliphatic carbocycles. The fourth-order valence-electron chi connectivity index (χ4n) is 2.51. The standard InChI is InChI=1S/C22H21NOS/c25-22(23-16-15-18-7-3-1-4-8-18)20-11-13-21(14-12-20)24-17-19-9-5-2-6-10-19/h1-14H,15-17H2,(H,23,25). The molecule has 3 heteroatoms. The second-order valence-electron chi connectivity index (χ2n) is 5.79. The Morgan fingerprint density at radius 2 is 1.36 bits per heavy atom. The van der Waals surface area contributed by atoms with Crippen molar-refractivity contribution in [2.24, 2.45) is 0 Å². The number of nitrogens with one attached hydrogen (secondary N) is 1. The third-order valence-electron chi connectivity index (χ3n) is 3.91. The lowest BCUT2D eigenvalue weighted by Crippen LogP contribution is -2.24. The summed E-state index contributed by atoms with van der Waals surface area (Å²) >= 11 is 5.47. The third-order valence-corrected chi connectivity index (χ3v) is 4.29. The number of hydrogen-bond acceptors (Lipinski definition) is 2. The van der Waals surface area contributed by atoms with Gasteiger partial charge in [-0.15, -0.1) is 0 Å². The van der Waals surface area contributed by atoms with Gasteiger partial charge in [0.25, 0.3) is 0 Å². The van der Waals surface area contributed by atoms with Crippen LogP contribution < -0.4 is 10.1 Å². The molecule has 0 bridgehead atoms. The van der Waals surface area contributed by atoms with Crippen molar-refractivity contribution in [1.82, 2.24) is 5.32 Å². The average Bonchev–Trinajstić information content (AvgIpc) is 2.68. The predicted molar refractivity (Wildman–Crippen MR) is 107 cm³/mol. The van der Waals surface area contributed by atoms with Crippen LogP contribution in [-0.2, 0) is 13.0 Å². The minimum absolute atomic E-state index is 0.569. The fraction of sp³-hybridized carbons (Fsp3) is 0.136. The number of rotatable bonds is 7. The van der Waals surface area contributed by atoms with E-state index in [2.05, 4.69) is 41.7 Å². The molecule has 0 fully saturated rings. The van der Waals surface area contributed by atoms with E-state index in [9.17, 15) is 0 Å². The predicted octanol–water partition coefficient (Wildman–Crippen LogP) is 4.77. The smallest absolute Gasteiger partial charge is 0.119 e. The molecular formula is C22H21NOS. The Hall–Kier alpha value is -2.65. The van der Waals surface area contributed by atoms with Crippen LogP contribution in [0.3, 0.4) is 0 Å². The summed E-state index contributed by atoms with van der Waals surface area (Å²) in [6, 6.07) is 28.5. The van der Waals surface area contributed by atoms with Crippen LogP contribution in [-0.4, -0.2) is 11.5 Å². The molecule has 1 N–H and O–H groups in total. The van der Waals surface area contributed by atoms with Gasteiger partial charge in [-0.1, -0.05) is 72.9 Å². The number of benzene rings is 3. The molecule has 126 valence electrons. The maximum absolute atomic E-state index is 5.80. The summed E-state index contributed by atoms with van der Waals surface area (Å²) in [5, 5.41) is 3.32. The van der Waals surface area contributed by atoms with Crippen molar-refractivity contribution < 1.29 is 4.74 Å². The van der Waals surface area contributed by atoms with Crippen LogP contribution in [0.1, 0.15) is 16.7 Å². The van der Waals surface area contributed by atoms with Crippen molar-refractivity contribution in [3.8, 4) is 5.75 Å². The van der Waals surface area contributed by atoms with Crippen LogP contribution in [0.4, 0.5) is 0 Å². The van der Waals surface area contributed by atoms with Crippen LogP contribution >= 0.6 is 12.2 Å². The minimum atomic E-state index is 0.569. The van der Waals surface area contributed by atoms with Crippen LogP contribution in [0.2, 0.25) is 0 Å². The fourth-order valence-corrected chi connectivity index (χ4v) is 2.75. The van der Waals surface area contributed by atoms with Gasteiger partial charge in [0.15, 0.2) is 0 Å². The Labute approximate surface area is 154 Å². The molecule has 0 saturated heterocycles. The molecule has 0 atom stereocenters. The monoisotopic (exact) mass is 347 g/mol. The highest BCUT2D eigenvalue weighted by Crippen LogP contribution is 2.14. The van der Waals surface area contributed by atoms with Crippen LogP contribution in [0.25, 0.3) is 0 Å². The van der Waals surface area contributed by atoms with Gasteiger partial charge in [-0.05, 0) is 41.8 Å². The molecule has 2 nitrogen and oxygen atoms in total. The van der Waals surface area contributed by atoms with E-state index >= 15 is 0 Å². The molecule has 0 spiro atoms. The van der Waals surface area contributed by atoms with Gasteiger partial charge in [0.1, 0.15) is 17.3 Å². The molecule has 0 amide bonds. The Morgan fingerprint density at radius 1 is 0.760 bits per heavy atom. The highest BCUT2D eigenvalue weighted by atomic mass is 32.1. The van der Waals surface area contributed by atoms with Crippen molar-refractivity contribution in [2.75, 3.05) is 6.54 Å². The molecule has 0 radical (unpaired) electrons. The Kier molecular flexibility index (Phi) is 6.18. The zero-order valence-electron chi connectivity index (χ0n) is 14.0. The number of hydrogen-bond donors (Lipinski definition) is 1. The lowest BCUT2D eigenvalue weighted by atomic mass is 10.1. The van der Waals surface area contributed by atoms with Gasteiger partial charge in [-0.3, -0.25) is 0 Å². The van der Waals surface area contributed by atoms with Gasteiger partial charge in [-0.25, -0.2) is 0 Å². The molecule has 0 aromatic heterocycles. The zero-order valence-corrected chi connectivity index (χ0v) is 14.8. The molecule has 3 aromatic carbocycles. The van der Waals surface area contributed by atoms with E-state index in [4.69, 9.17) is 17.0 Å². The highest BCUT2D eigenvalue weighted by molar-refractivity contribution is 7.80. The molecule has 3 aromatic rings. The summed E-state index contributed by atoms with van der Waals surface area (Å²) in [5.74, 6) is 0.847. The van der Waals surface area contributed by atoms with E-state index < -0.39 is 0 Å². The van der Waals surface area contributed by atoms with E-state index in [1.54, 1.807) is 0 Å². The van der Waals surface area contributed by atoms with Gasteiger partial charge in [-0.2, -0.15) is 0 Å². The highest BCUT2D eigenvalue weighted by Gasteiger charge is 2.02. The van der Waals surface area contributed by atoms with Crippen LogP contribution in [0.15, 0.2) is 84.9 Å². The van der Waals surface area contributed by atoms with Crippen LogP contribution in [0, 0.1) is 0 Å². The SMILES string of the molecule is S=C(NCCc1ccccc1)c1ccc(OCc2ccccc2)cc1. The van der Waals surface area contributed by atoms with Crippen molar-refractivity contribution in [2.45, 2.75) is 13.0 Å². The van der Waals surface area contributed by atoms with E-state index in [1.807, 2.05) is 48.5 Å². The van der Waals surface area contributed by atoms with E-state index in [0.717, 1.165) is 34.8 Å². The Balaban J connectivity index is 1.47. The molecule has 0 aliphatic rings. The quantitative estimate of drug-likeness (QED) is 0.622. The van der Waals surface area contributed by atoms with Crippen molar-refractivity contribution in [1.29, 1.82) is 0 Å². The van der Waals surface area contributed by atoms with Crippen molar-refractivity contribution in [3.63, 3.8) is 0 Å². The number of thiocarbonyl (C=S) groups is 1. The Bertz CT molecular complexity index is 785. The molecule has 0 unspecified atom stereocenters. The number of ether oxygens (including phenoxy) is 1. The van der Waals surface area contributed by atoms with Crippen LogP contribution in [0.5, 0.6) is 5.75 Å². The van der Waals surface area contributed by atoms with E-state index in [1.165, 1.54) is 5.56 Å². The normalized spacial score (nSPS) is 10.2. The minimum Gasteiger partial charge on any atom is -0.489 e. The topological polar surface area (TPSA) is 21.3 Å². The Morgan fingerprint density at radius 3 is 2.00 bits per heavy atom. The second kappa shape index (κ2) is 9.00. The average molecular weight is 347 g/mol. The van der Waals surface area contributed by atoms with Crippen molar-refractivity contribution >= 4 is 17.2 Å².